The van der Waals surface area contributed by atoms with E-state index >= 15 is 0 Å². The molecule has 2 aromatic heterocycles. The number of pyridine rings is 1. The van der Waals surface area contributed by atoms with Crippen LogP contribution in [0.1, 0.15) is 0 Å². The fourth-order valence-electron chi connectivity index (χ4n) is 4.52. The molecule has 0 amide bonds. The lowest BCUT2D eigenvalue weighted by atomic mass is 9.99. The quantitative estimate of drug-likeness (QED) is 0.258. The van der Waals surface area contributed by atoms with Crippen LogP contribution in [0, 0.1) is 0 Å². The molecule has 0 radical (unpaired) electrons. The van der Waals surface area contributed by atoms with Gasteiger partial charge in [-0.25, -0.2) is 0 Å². The number of nitrogens with zero attached hydrogens (tertiary/aromatic N) is 1. The first-order chi connectivity index (χ1) is 13.8. The number of halogens is 1. The van der Waals surface area contributed by atoms with E-state index in [9.17, 15) is 0 Å². The largest absolute Gasteiger partial charge is 0.308 e. The molecule has 0 spiro atoms. The average molecular weight is 378 g/mol. The van der Waals surface area contributed by atoms with Gasteiger partial charge in [0.05, 0.1) is 16.6 Å². The van der Waals surface area contributed by atoms with Crippen LogP contribution in [0.15, 0.2) is 97.1 Å². The summed E-state index contributed by atoms with van der Waals surface area (Å²) in [5.41, 5.74) is 6.08. The molecule has 0 aliphatic rings. The van der Waals surface area contributed by atoms with Crippen molar-refractivity contribution in [3.63, 3.8) is 0 Å². The highest BCUT2D eigenvalue weighted by atomic mass is 35.5. The van der Waals surface area contributed by atoms with Crippen molar-refractivity contribution in [2.24, 2.45) is 0 Å². The molecule has 0 atom stereocenters. The predicted molar refractivity (Wildman–Crippen MR) is 120 cm³/mol. The van der Waals surface area contributed by atoms with Crippen molar-refractivity contribution in [2.75, 3.05) is 0 Å². The number of hydrogen-bond acceptors (Lipinski definition) is 0. The third kappa shape index (κ3) is 2.02. The van der Waals surface area contributed by atoms with Crippen LogP contribution in [0.4, 0.5) is 0 Å². The van der Waals surface area contributed by atoms with Gasteiger partial charge in [0.15, 0.2) is 0 Å². The van der Waals surface area contributed by atoms with Gasteiger partial charge in [-0.15, -0.1) is 0 Å². The lowest BCUT2D eigenvalue weighted by Gasteiger charge is -2.12. The van der Waals surface area contributed by atoms with Crippen LogP contribution in [-0.4, -0.2) is 4.40 Å². The second-order valence-corrected chi connectivity index (χ2v) is 7.53. The van der Waals surface area contributed by atoms with Gasteiger partial charge in [0.1, 0.15) is 0 Å². The molecule has 0 aliphatic carbocycles. The monoisotopic (exact) mass is 377 g/mol. The van der Waals surface area contributed by atoms with Crippen LogP contribution >= 0.6 is 11.6 Å². The Balaban J connectivity index is 2.03. The van der Waals surface area contributed by atoms with Gasteiger partial charge in [-0.3, -0.25) is 0 Å². The normalized spacial score (nSPS) is 11.8. The molecule has 2 heteroatoms. The van der Waals surface area contributed by atoms with Crippen LogP contribution in [0.25, 0.3) is 49.2 Å². The van der Waals surface area contributed by atoms with E-state index in [1.807, 2.05) is 12.1 Å². The molecular weight excluding hydrogens is 362 g/mol. The predicted octanol–water partition coefficient (Wildman–Crippen LogP) is 7.72. The number of rotatable bonds is 1. The maximum atomic E-state index is 6.72. The Labute approximate surface area is 167 Å². The van der Waals surface area contributed by atoms with E-state index in [1.54, 1.807) is 0 Å². The first-order valence-corrected chi connectivity index (χ1v) is 9.80. The van der Waals surface area contributed by atoms with Crippen molar-refractivity contribution in [1.82, 2.24) is 4.40 Å². The van der Waals surface area contributed by atoms with E-state index in [0.29, 0.717) is 0 Å². The van der Waals surface area contributed by atoms with Crippen molar-refractivity contribution in [3.05, 3.63) is 102 Å². The Kier molecular flexibility index (Phi) is 3.29. The zero-order valence-electron chi connectivity index (χ0n) is 15.1. The summed E-state index contributed by atoms with van der Waals surface area (Å²) in [6.45, 7) is 0. The standard InChI is InChI=1S/C26H16ClN/c27-21-14-8-13-20-25(21)19-12-5-7-16-23(19)28-22-15-6-4-11-18(22)24(26(20)28)17-9-2-1-3-10-17/h1-16H. The molecular formula is C26H16ClN. The maximum absolute atomic E-state index is 6.72. The Hall–Kier alpha value is -3.29. The van der Waals surface area contributed by atoms with E-state index in [0.717, 1.165) is 10.4 Å². The highest BCUT2D eigenvalue weighted by Crippen LogP contribution is 2.43. The lowest BCUT2D eigenvalue weighted by molar-refractivity contribution is 1.35. The molecule has 0 bridgehead atoms. The zero-order valence-corrected chi connectivity index (χ0v) is 15.8. The first kappa shape index (κ1) is 15.7. The van der Waals surface area contributed by atoms with Gasteiger partial charge in [-0.2, -0.15) is 0 Å². The molecule has 28 heavy (non-hydrogen) atoms. The summed E-state index contributed by atoms with van der Waals surface area (Å²) in [7, 11) is 0. The van der Waals surface area contributed by atoms with Gasteiger partial charge in [-0.05, 0) is 23.8 Å². The summed E-state index contributed by atoms with van der Waals surface area (Å²) in [6, 6.07) is 34.1. The molecule has 0 unspecified atom stereocenters. The minimum absolute atomic E-state index is 0.792. The second kappa shape index (κ2) is 5.85. The average Bonchev–Trinajstić information content (AvgIpc) is 3.10. The molecule has 0 saturated carbocycles. The molecule has 132 valence electrons. The summed E-state index contributed by atoms with van der Waals surface area (Å²) in [5, 5.41) is 5.52. The third-order valence-electron chi connectivity index (χ3n) is 5.62. The number of fused-ring (bicyclic) bond motifs is 8. The van der Waals surface area contributed by atoms with Gasteiger partial charge in [-0.1, -0.05) is 90.5 Å². The molecule has 4 aromatic carbocycles. The van der Waals surface area contributed by atoms with E-state index in [1.165, 1.54) is 43.8 Å². The van der Waals surface area contributed by atoms with Gasteiger partial charge in [0.25, 0.3) is 0 Å². The Morgan fingerprint density at radius 2 is 1.14 bits per heavy atom. The lowest BCUT2D eigenvalue weighted by Crippen LogP contribution is -1.91. The molecule has 0 N–H and O–H groups in total. The first-order valence-electron chi connectivity index (χ1n) is 9.42. The third-order valence-corrected chi connectivity index (χ3v) is 5.94. The van der Waals surface area contributed by atoms with Crippen LogP contribution < -0.4 is 0 Å². The second-order valence-electron chi connectivity index (χ2n) is 7.12. The molecule has 2 heterocycles. The minimum Gasteiger partial charge on any atom is -0.308 e. The zero-order chi connectivity index (χ0) is 18.7. The van der Waals surface area contributed by atoms with Gasteiger partial charge in [0, 0.05) is 32.1 Å². The topological polar surface area (TPSA) is 4.41 Å². The number of para-hydroxylation sites is 2. The van der Waals surface area contributed by atoms with Crippen molar-refractivity contribution >= 4 is 49.7 Å². The molecule has 0 fully saturated rings. The fraction of sp³-hybridized carbons (Fsp3) is 0. The van der Waals surface area contributed by atoms with E-state index in [2.05, 4.69) is 89.3 Å². The highest BCUT2D eigenvalue weighted by Gasteiger charge is 2.19. The van der Waals surface area contributed by atoms with Crippen molar-refractivity contribution in [1.29, 1.82) is 0 Å². The van der Waals surface area contributed by atoms with Crippen LogP contribution in [-0.2, 0) is 0 Å². The van der Waals surface area contributed by atoms with Crippen LogP contribution in [0.2, 0.25) is 5.02 Å². The van der Waals surface area contributed by atoms with Crippen molar-refractivity contribution in [3.8, 4) is 11.1 Å². The Morgan fingerprint density at radius 3 is 1.93 bits per heavy atom. The highest BCUT2D eigenvalue weighted by molar-refractivity contribution is 6.39. The minimum atomic E-state index is 0.792. The number of aromatic nitrogens is 1. The molecule has 0 saturated heterocycles. The molecule has 0 aliphatic heterocycles. The summed E-state index contributed by atoms with van der Waals surface area (Å²) in [6.07, 6.45) is 0. The van der Waals surface area contributed by atoms with Crippen LogP contribution in [0.5, 0.6) is 0 Å². The van der Waals surface area contributed by atoms with E-state index in [-0.39, 0.29) is 0 Å². The van der Waals surface area contributed by atoms with Crippen LogP contribution in [0.3, 0.4) is 0 Å². The number of hydrogen-bond donors (Lipinski definition) is 0. The van der Waals surface area contributed by atoms with Crippen molar-refractivity contribution in [2.45, 2.75) is 0 Å². The summed E-state index contributed by atoms with van der Waals surface area (Å²) in [5.74, 6) is 0. The Bertz CT molecular complexity index is 1510. The SMILES string of the molecule is Clc1cccc2c1c1ccccc1n1c3ccccc3c(-c3ccccc3)c21. The number of benzene rings is 4. The Morgan fingerprint density at radius 1 is 0.536 bits per heavy atom. The van der Waals surface area contributed by atoms with Gasteiger partial charge in [0.2, 0.25) is 0 Å². The fourth-order valence-corrected chi connectivity index (χ4v) is 4.79. The van der Waals surface area contributed by atoms with Gasteiger partial charge >= 0.3 is 0 Å². The molecule has 6 aromatic rings. The van der Waals surface area contributed by atoms with E-state index < -0.39 is 0 Å². The van der Waals surface area contributed by atoms with E-state index in [4.69, 9.17) is 11.6 Å². The smallest absolute Gasteiger partial charge is 0.0626 e. The summed E-state index contributed by atoms with van der Waals surface area (Å²) in [4.78, 5) is 0. The van der Waals surface area contributed by atoms with Crippen molar-refractivity contribution < 1.29 is 0 Å². The molecule has 1 nitrogen and oxygen atoms in total. The maximum Gasteiger partial charge on any atom is 0.0626 e. The molecule has 6 rings (SSSR count). The van der Waals surface area contributed by atoms with Gasteiger partial charge < -0.3 is 4.40 Å². The summed E-state index contributed by atoms with van der Waals surface area (Å²) >= 11 is 6.72. The summed E-state index contributed by atoms with van der Waals surface area (Å²) < 4.78 is 2.39.